The Morgan fingerprint density at radius 2 is 1.85 bits per heavy atom. The van der Waals surface area contributed by atoms with Crippen molar-refractivity contribution in [3.05, 3.63) is 54.5 Å². The largest absolute Gasteiger partial charge is 0.468 e. The lowest BCUT2D eigenvalue weighted by atomic mass is 10.2. The molecule has 1 aliphatic rings. The van der Waals surface area contributed by atoms with Crippen molar-refractivity contribution in [3.8, 4) is 0 Å². The summed E-state index contributed by atoms with van der Waals surface area (Å²) in [5, 5.41) is 3.45. The fourth-order valence-corrected chi connectivity index (χ4v) is 3.40. The van der Waals surface area contributed by atoms with Crippen LogP contribution in [0.2, 0.25) is 0 Å². The first-order valence-electron chi connectivity index (χ1n) is 9.72. The molecule has 1 fully saturated rings. The van der Waals surface area contributed by atoms with Crippen LogP contribution < -0.4 is 10.2 Å². The summed E-state index contributed by atoms with van der Waals surface area (Å²) < 4.78 is 5.61. The fourth-order valence-electron chi connectivity index (χ4n) is 3.40. The number of aliphatic imine (C=N–C) groups is 1. The summed E-state index contributed by atoms with van der Waals surface area (Å²) >= 11 is 0. The number of anilines is 1. The molecule has 0 saturated carbocycles. The minimum Gasteiger partial charge on any atom is -0.468 e. The molecule has 1 aromatic carbocycles. The van der Waals surface area contributed by atoms with Gasteiger partial charge in [-0.05, 0) is 45.3 Å². The van der Waals surface area contributed by atoms with E-state index in [4.69, 9.17) is 9.41 Å². The molecule has 0 bridgehead atoms. The van der Waals surface area contributed by atoms with Crippen LogP contribution in [0.25, 0.3) is 0 Å². The van der Waals surface area contributed by atoms with E-state index in [0.717, 1.165) is 44.4 Å². The van der Waals surface area contributed by atoms with Crippen molar-refractivity contribution in [2.24, 2.45) is 4.99 Å². The number of benzene rings is 1. The van der Waals surface area contributed by atoms with Crippen molar-refractivity contribution in [3.63, 3.8) is 0 Å². The molecule has 3 rings (SSSR count). The third-order valence-electron chi connectivity index (χ3n) is 4.94. The van der Waals surface area contributed by atoms with Gasteiger partial charge in [-0.1, -0.05) is 18.2 Å². The summed E-state index contributed by atoms with van der Waals surface area (Å²) in [7, 11) is 4.13. The average molecular weight is 370 g/mol. The zero-order valence-electron chi connectivity index (χ0n) is 16.6. The van der Waals surface area contributed by atoms with Crippen molar-refractivity contribution < 1.29 is 4.42 Å². The van der Waals surface area contributed by atoms with E-state index in [2.05, 4.69) is 71.4 Å². The Bertz CT molecular complexity index is 691. The van der Waals surface area contributed by atoms with Crippen LogP contribution in [-0.2, 0) is 0 Å². The molecule has 0 radical (unpaired) electrons. The molecule has 0 spiro atoms. The Morgan fingerprint density at radius 1 is 1.11 bits per heavy atom. The van der Waals surface area contributed by atoms with Crippen LogP contribution in [0.5, 0.6) is 0 Å². The highest BCUT2D eigenvalue weighted by molar-refractivity contribution is 5.80. The van der Waals surface area contributed by atoms with E-state index in [1.165, 1.54) is 5.69 Å². The molecule has 0 amide bonds. The Labute approximate surface area is 162 Å². The molecule has 1 N–H and O–H groups in total. The summed E-state index contributed by atoms with van der Waals surface area (Å²) in [5.74, 6) is 1.94. The molecule has 6 heteroatoms. The second-order valence-electron chi connectivity index (χ2n) is 7.00. The van der Waals surface area contributed by atoms with Gasteiger partial charge in [0.15, 0.2) is 5.96 Å². The molecule has 1 aliphatic heterocycles. The Hall–Kier alpha value is -2.47. The molecule has 27 heavy (non-hydrogen) atoms. The minimum atomic E-state index is 0.138. The molecular formula is C21H31N5O. The zero-order valence-corrected chi connectivity index (χ0v) is 16.6. The molecule has 6 nitrogen and oxygen atoms in total. The summed E-state index contributed by atoms with van der Waals surface area (Å²) in [6.07, 6.45) is 1.73. The number of rotatable bonds is 6. The normalized spacial score (nSPS) is 16.7. The van der Waals surface area contributed by atoms with Gasteiger partial charge in [0.05, 0.1) is 18.8 Å². The van der Waals surface area contributed by atoms with E-state index in [9.17, 15) is 0 Å². The molecular weight excluding hydrogens is 338 g/mol. The van der Waals surface area contributed by atoms with Crippen LogP contribution in [-0.4, -0.2) is 69.1 Å². The molecule has 2 aromatic rings. The lowest BCUT2D eigenvalue weighted by Crippen LogP contribution is -2.52. The van der Waals surface area contributed by atoms with Gasteiger partial charge in [-0.15, -0.1) is 0 Å². The number of hydrogen-bond acceptors (Lipinski definition) is 4. The maximum Gasteiger partial charge on any atom is 0.194 e. The van der Waals surface area contributed by atoms with Crippen LogP contribution in [0.15, 0.2) is 58.1 Å². The molecule has 1 unspecified atom stereocenters. The van der Waals surface area contributed by atoms with Crippen molar-refractivity contribution in [2.45, 2.75) is 13.0 Å². The van der Waals surface area contributed by atoms with E-state index in [-0.39, 0.29) is 6.04 Å². The smallest absolute Gasteiger partial charge is 0.194 e. The summed E-state index contributed by atoms with van der Waals surface area (Å²) in [5.41, 5.74) is 1.30. The standard InChI is InChI=1S/C21H31N5O/c1-4-22-21(23-17-19(24(2)3)20-11-8-16-27-20)26-14-12-25(13-15-26)18-9-6-5-7-10-18/h5-11,16,19H,4,12-15,17H2,1-3H3,(H,22,23). The van der Waals surface area contributed by atoms with Crippen molar-refractivity contribution in [2.75, 3.05) is 58.3 Å². The summed E-state index contributed by atoms with van der Waals surface area (Å²) in [6, 6.07) is 14.7. The number of furan rings is 1. The predicted molar refractivity (Wildman–Crippen MR) is 111 cm³/mol. The lowest BCUT2D eigenvalue weighted by Gasteiger charge is -2.38. The van der Waals surface area contributed by atoms with Gasteiger partial charge in [-0.25, -0.2) is 0 Å². The van der Waals surface area contributed by atoms with E-state index in [1.54, 1.807) is 6.26 Å². The number of guanidine groups is 1. The quantitative estimate of drug-likeness (QED) is 0.627. The van der Waals surface area contributed by atoms with Crippen LogP contribution in [0, 0.1) is 0 Å². The van der Waals surface area contributed by atoms with Crippen molar-refractivity contribution >= 4 is 11.6 Å². The SMILES string of the molecule is CCNC(=NCC(c1ccco1)N(C)C)N1CCN(c2ccccc2)CC1. The Morgan fingerprint density at radius 3 is 2.44 bits per heavy atom. The average Bonchev–Trinajstić information content (AvgIpc) is 3.22. The second-order valence-corrected chi connectivity index (χ2v) is 7.00. The third-order valence-corrected chi connectivity index (χ3v) is 4.94. The van der Waals surface area contributed by atoms with Gasteiger partial charge in [-0.3, -0.25) is 9.89 Å². The van der Waals surface area contributed by atoms with Crippen LogP contribution in [0.3, 0.4) is 0 Å². The number of piperazine rings is 1. The van der Waals surface area contributed by atoms with Gasteiger partial charge in [0.2, 0.25) is 0 Å². The van der Waals surface area contributed by atoms with E-state index >= 15 is 0 Å². The maximum atomic E-state index is 5.61. The van der Waals surface area contributed by atoms with Crippen LogP contribution in [0.4, 0.5) is 5.69 Å². The van der Waals surface area contributed by atoms with E-state index in [0.29, 0.717) is 6.54 Å². The van der Waals surface area contributed by atoms with Gasteiger partial charge in [-0.2, -0.15) is 0 Å². The van der Waals surface area contributed by atoms with Crippen molar-refractivity contribution in [1.29, 1.82) is 0 Å². The first-order valence-corrected chi connectivity index (χ1v) is 9.72. The second kappa shape index (κ2) is 9.46. The molecule has 0 aliphatic carbocycles. The van der Waals surface area contributed by atoms with Gasteiger partial charge in [0, 0.05) is 38.4 Å². The first-order chi connectivity index (χ1) is 13.2. The van der Waals surface area contributed by atoms with Gasteiger partial charge >= 0.3 is 0 Å². The van der Waals surface area contributed by atoms with E-state index < -0.39 is 0 Å². The summed E-state index contributed by atoms with van der Waals surface area (Å²) in [6.45, 7) is 7.59. The molecule has 2 heterocycles. The van der Waals surface area contributed by atoms with Gasteiger partial charge < -0.3 is 19.5 Å². The number of para-hydroxylation sites is 1. The Kier molecular flexibility index (Phi) is 6.76. The van der Waals surface area contributed by atoms with Gasteiger partial charge in [0.25, 0.3) is 0 Å². The molecule has 1 atom stereocenters. The highest BCUT2D eigenvalue weighted by atomic mass is 16.3. The molecule has 1 saturated heterocycles. The summed E-state index contributed by atoms with van der Waals surface area (Å²) in [4.78, 5) is 11.9. The minimum absolute atomic E-state index is 0.138. The monoisotopic (exact) mass is 369 g/mol. The number of hydrogen-bond donors (Lipinski definition) is 1. The number of nitrogens with zero attached hydrogens (tertiary/aromatic N) is 4. The topological polar surface area (TPSA) is 47.3 Å². The maximum absolute atomic E-state index is 5.61. The fraction of sp³-hybridized carbons (Fsp3) is 0.476. The first kappa shape index (κ1) is 19.3. The van der Waals surface area contributed by atoms with Crippen LogP contribution in [0.1, 0.15) is 18.7 Å². The molecule has 146 valence electrons. The van der Waals surface area contributed by atoms with Crippen molar-refractivity contribution in [1.82, 2.24) is 15.1 Å². The van der Waals surface area contributed by atoms with Gasteiger partial charge in [0.1, 0.15) is 5.76 Å². The highest BCUT2D eigenvalue weighted by Crippen LogP contribution is 2.19. The van der Waals surface area contributed by atoms with Crippen LogP contribution >= 0.6 is 0 Å². The third kappa shape index (κ3) is 5.04. The predicted octanol–water partition coefficient (Wildman–Crippen LogP) is 2.67. The lowest BCUT2D eigenvalue weighted by molar-refractivity contribution is 0.263. The van der Waals surface area contributed by atoms with E-state index in [1.807, 2.05) is 12.1 Å². The Balaban J connectivity index is 1.64. The number of likely N-dealkylation sites (N-methyl/N-ethyl adjacent to an activating group) is 1. The highest BCUT2D eigenvalue weighted by Gasteiger charge is 2.21. The molecule has 1 aromatic heterocycles. The zero-order chi connectivity index (χ0) is 19.1. The number of nitrogens with one attached hydrogen (secondary N) is 1.